The smallest absolute Gasteiger partial charge is 0.0793 e. The molecule has 0 aromatic heterocycles. The Morgan fingerprint density at radius 2 is 2.11 bits per heavy atom. The highest BCUT2D eigenvalue weighted by Crippen LogP contribution is 2.01. The van der Waals surface area contributed by atoms with E-state index < -0.39 is 0 Å². The molecule has 4 heteroatoms. The second-order valence-electron chi connectivity index (χ2n) is 5.30. The van der Waals surface area contributed by atoms with Crippen molar-refractivity contribution in [1.82, 2.24) is 15.1 Å². The molecule has 0 saturated carbocycles. The Bertz CT molecular complexity index is 193. The van der Waals surface area contributed by atoms with Crippen molar-refractivity contribution in [3.63, 3.8) is 0 Å². The SMILES string of the molecule is CCCCN(CC)C[C@H](O)CN1CCCNCC1. The Morgan fingerprint density at radius 3 is 2.83 bits per heavy atom. The van der Waals surface area contributed by atoms with E-state index in [0.29, 0.717) is 0 Å². The van der Waals surface area contributed by atoms with Crippen molar-refractivity contribution in [3.05, 3.63) is 0 Å². The first-order valence-electron chi connectivity index (χ1n) is 7.59. The molecule has 1 saturated heterocycles. The molecule has 18 heavy (non-hydrogen) atoms. The number of likely N-dealkylation sites (N-methyl/N-ethyl adjacent to an activating group) is 1. The Labute approximate surface area is 112 Å². The third-order valence-electron chi connectivity index (χ3n) is 3.65. The van der Waals surface area contributed by atoms with Gasteiger partial charge in [-0.25, -0.2) is 0 Å². The highest BCUT2D eigenvalue weighted by Gasteiger charge is 2.15. The van der Waals surface area contributed by atoms with E-state index in [-0.39, 0.29) is 6.10 Å². The van der Waals surface area contributed by atoms with E-state index in [2.05, 4.69) is 29.0 Å². The van der Waals surface area contributed by atoms with E-state index in [9.17, 15) is 5.11 Å². The monoisotopic (exact) mass is 257 g/mol. The van der Waals surface area contributed by atoms with Crippen LogP contribution in [0.15, 0.2) is 0 Å². The van der Waals surface area contributed by atoms with Gasteiger partial charge >= 0.3 is 0 Å². The molecule has 2 N–H and O–H groups in total. The zero-order chi connectivity index (χ0) is 13.2. The lowest BCUT2D eigenvalue weighted by molar-refractivity contribution is 0.0770. The predicted molar refractivity (Wildman–Crippen MR) is 77.0 cm³/mol. The van der Waals surface area contributed by atoms with E-state index >= 15 is 0 Å². The van der Waals surface area contributed by atoms with Gasteiger partial charge in [-0.15, -0.1) is 0 Å². The maximum absolute atomic E-state index is 10.2. The number of hydrogen-bond acceptors (Lipinski definition) is 4. The predicted octanol–water partition coefficient (Wildman–Crippen LogP) is 0.765. The first-order chi connectivity index (χ1) is 8.76. The Kier molecular flexibility index (Phi) is 8.59. The van der Waals surface area contributed by atoms with E-state index in [4.69, 9.17) is 0 Å². The molecule has 1 rings (SSSR count). The maximum atomic E-state index is 10.2. The van der Waals surface area contributed by atoms with Gasteiger partial charge in [0.05, 0.1) is 6.10 Å². The number of aliphatic hydroxyl groups is 1. The van der Waals surface area contributed by atoms with Crippen LogP contribution in [0.1, 0.15) is 33.1 Å². The van der Waals surface area contributed by atoms with Crippen LogP contribution < -0.4 is 5.32 Å². The van der Waals surface area contributed by atoms with Crippen molar-refractivity contribution in [2.75, 3.05) is 52.4 Å². The van der Waals surface area contributed by atoms with Crippen LogP contribution in [-0.4, -0.2) is 73.4 Å². The van der Waals surface area contributed by atoms with E-state index in [1.165, 1.54) is 19.3 Å². The molecular weight excluding hydrogens is 226 g/mol. The maximum Gasteiger partial charge on any atom is 0.0793 e. The fourth-order valence-corrected chi connectivity index (χ4v) is 2.50. The lowest BCUT2D eigenvalue weighted by Gasteiger charge is -2.27. The van der Waals surface area contributed by atoms with Crippen LogP contribution in [0.3, 0.4) is 0 Å². The molecule has 1 heterocycles. The number of aliphatic hydroxyl groups excluding tert-OH is 1. The Balaban J connectivity index is 2.22. The van der Waals surface area contributed by atoms with Crippen molar-refractivity contribution >= 4 is 0 Å². The van der Waals surface area contributed by atoms with Gasteiger partial charge in [0.15, 0.2) is 0 Å². The minimum Gasteiger partial charge on any atom is -0.390 e. The highest BCUT2D eigenvalue weighted by molar-refractivity contribution is 4.72. The first kappa shape index (κ1) is 15.9. The van der Waals surface area contributed by atoms with Gasteiger partial charge in [0.25, 0.3) is 0 Å². The summed E-state index contributed by atoms with van der Waals surface area (Å²) in [4.78, 5) is 4.75. The van der Waals surface area contributed by atoms with E-state index in [1.54, 1.807) is 0 Å². The average molecular weight is 257 g/mol. The average Bonchev–Trinajstić information content (AvgIpc) is 2.63. The molecule has 1 fully saturated rings. The van der Waals surface area contributed by atoms with Gasteiger partial charge in [-0.1, -0.05) is 20.3 Å². The second kappa shape index (κ2) is 9.73. The standard InChI is InChI=1S/C14H31N3O/c1-3-5-9-16(4-2)12-14(18)13-17-10-6-7-15-8-11-17/h14-15,18H,3-13H2,1-2H3/t14-/m0/s1. The molecule has 0 aromatic carbocycles. The molecule has 0 aliphatic carbocycles. The van der Waals surface area contributed by atoms with Crippen LogP contribution in [0.2, 0.25) is 0 Å². The van der Waals surface area contributed by atoms with Crippen LogP contribution in [-0.2, 0) is 0 Å². The summed E-state index contributed by atoms with van der Waals surface area (Å²) < 4.78 is 0. The van der Waals surface area contributed by atoms with Crippen LogP contribution >= 0.6 is 0 Å². The fourth-order valence-electron chi connectivity index (χ4n) is 2.50. The minimum absolute atomic E-state index is 0.208. The Morgan fingerprint density at radius 1 is 1.28 bits per heavy atom. The van der Waals surface area contributed by atoms with Gasteiger partial charge in [-0.2, -0.15) is 0 Å². The van der Waals surface area contributed by atoms with Gasteiger partial charge in [-0.05, 0) is 39.0 Å². The number of nitrogens with zero attached hydrogens (tertiary/aromatic N) is 2. The third kappa shape index (κ3) is 6.69. The topological polar surface area (TPSA) is 38.7 Å². The number of β-amino-alcohol motifs (C(OH)–C–C–N with tert-alkyl or cyclic N) is 1. The van der Waals surface area contributed by atoms with Crippen LogP contribution in [0, 0.1) is 0 Å². The lowest BCUT2D eigenvalue weighted by Crippen LogP contribution is -2.41. The third-order valence-corrected chi connectivity index (χ3v) is 3.65. The summed E-state index contributed by atoms with van der Waals surface area (Å²) in [5, 5.41) is 13.6. The van der Waals surface area contributed by atoms with Crippen LogP contribution in [0.5, 0.6) is 0 Å². The molecular formula is C14H31N3O. The van der Waals surface area contributed by atoms with E-state index in [1.807, 2.05) is 0 Å². The normalized spacial score (nSPS) is 20.0. The van der Waals surface area contributed by atoms with Crippen LogP contribution in [0.25, 0.3) is 0 Å². The fraction of sp³-hybridized carbons (Fsp3) is 1.00. The summed E-state index contributed by atoms with van der Waals surface area (Å²) in [6, 6.07) is 0. The van der Waals surface area contributed by atoms with Gasteiger partial charge in [0, 0.05) is 26.2 Å². The summed E-state index contributed by atoms with van der Waals surface area (Å²) in [7, 11) is 0. The summed E-state index contributed by atoms with van der Waals surface area (Å²) in [6.07, 6.45) is 3.44. The summed E-state index contributed by atoms with van der Waals surface area (Å²) >= 11 is 0. The number of rotatable bonds is 8. The van der Waals surface area contributed by atoms with E-state index in [0.717, 1.165) is 52.4 Å². The quantitative estimate of drug-likeness (QED) is 0.673. The van der Waals surface area contributed by atoms with Gasteiger partial charge in [0.1, 0.15) is 0 Å². The zero-order valence-corrected chi connectivity index (χ0v) is 12.2. The number of unbranched alkanes of at least 4 members (excludes halogenated alkanes) is 1. The molecule has 4 nitrogen and oxygen atoms in total. The van der Waals surface area contributed by atoms with Crippen LogP contribution in [0.4, 0.5) is 0 Å². The molecule has 1 aliphatic rings. The second-order valence-corrected chi connectivity index (χ2v) is 5.30. The summed E-state index contributed by atoms with van der Waals surface area (Å²) in [5.74, 6) is 0. The largest absolute Gasteiger partial charge is 0.390 e. The van der Waals surface area contributed by atoms with Gasteiger partial charge in [-0.3, -0.25) is 4.90 Å². The molecule has 1 atom stereocenters. The molecule has 0 spiro atoms. The number of nitrogens with one attached hydrogen (secondary N) is 1. The van der Waals surface area contributed by atoms with Gasteiger partial charge in [0.2, 0.25) is 0 Å². The van der Waals surface area contributed by atoms with Crippen molar-refractivity contribution in [2.45, 2.75) is 39.2 Å². The molecule has 108 valence electrons. The lowest BCUT2D eigenvalue weighted by atomic mass is 10.2. The summed E-state index contributed by atoms with van der Waals surface area (Å²) in [5.41, 5.74) is 0. The van der Waals surface area contributed by atoms with Gasteiger partial charge < -0.3 is 15.3 Å². The molecule has 0 amide bonds. The number of hydrogen-bond donors (Lipinski definition) is 2. The zero-order valence-electron chi connectivity index (χ0n) is 12.2. The minimum atomic E-state index is -0.208. The Hall–Kier alpha value is -0.160. The van der Waals surface area contributed by atoms with Crippen molar-refractivity contribution < 1.29 is 5.11 Å². The van der Waals surface area contributed by atoms with Crippen molar-refractivity contribution in [3.8, 4) is 0 Å². The summed E-state index contributed by atoms with van der Waals surface area (Å²) in [6.45, 7) is 12.6. The molecule has 0 aromatic rings. The van der Waals surface area contributed by atoms with Crippen molar-refractivity contribution in [1.29, 1.82) is 0 Å². The molecule has 0 bridgehead atoms. The molecule has 1 aliphatic heterocycles. The van der Waals surface area contributed by atoms with Crippen molar-refractivity contribution in [2.24, 2.45) is 0 Å². The highest BCUT2D eigenvalue weighted by atomic mass is 16.3. The first-order valence-corrected chi connectivity index (χ1v) is 7.59. The molecule has 0 radical (unpaired) electrons. The molecule has 0 unspecified atom stereocenters.